The molecule has 0 radical (unpaired) electrons. The minimum absolute atomic E-state index is 0.151. The Labute approximate surface area is 171 Å². The van der Waals surface area contributed by atoms with Crippen molar-refractivity contribution in [1.29, 1.82) is 0 Å². The highest BCUT2D eigenvalue weighted by Crippen LogP contribution is 2.21. The van der Waals surface area contributed by atoms with Gasteiger partial charge in [0.1, 0.15) is 11.5 Å². The number of anilines is 1. The fraction of sp³-hybridized carbons (Fsp3) is 0.250. The Kier molecular flexibility index (Phi) is 5.86. The van der Waals surface area contributed by atoms with Crippen LogP contribution in [0.2, 0.25) is 0 Å². The summed E-state index contributed by atoms with van der Waals surface area (Å²) in [5.41, 5.74) is 4.00. The fourth-order valence-electron chi connectivity index (χ4n) is 3.57. The normalized spacial score (nSPS) is 16.4. The van der Waals surface area contributed by atoms with Crippen molar-refractivity contribution in [3.63, 3.8) is 0 Å². The molecule has 5 heteroatoms. The molecule has 2 N–H and O–H groups in total. The van der Waals surface area contributed by atoms with Crippen molar-refractivity contribution < 1.29 is 4.79 Å². The first-order valence-corrected chi connectivity index (χ1v) is 10.0. The molecular formula is C24H26N4O. The molecule has 1 atom stereocenters. The Balaban J connectivity index is 1.42. The predicted molar refractivity (Wildman–Crippen MR) is 116 cm³/mol. The summed E-state index contributed by atoms with van der Waals surface area (Å²) < 4.78 is 0. The van der Waals surface area contributed by atoms with Gasteiger partial charge in [-0.3, -0.25) is 4.79 Å². The first-order chi connectivity index (χ1) is 14.2. The molecule has 2 aromatic carbocycles. The van der Waals surface area contributed by atoms with E-state index < -0.39 is 0 Å². The monoisotopic (exact) mass is 386 g/mol. The maximum absolute atomic E-state index is 12.6. The number of carbonyl (C=O) groups excluding carboxylic acids is 1. The lowest BCUT2D eigenvalue weighted by Crippen LogP contribution is -2.46. The van der Waals surface area contributed by atoms with Crippen LogP contribution in [0.3, 0.4) is 0 Å². The molecule has 5 nitrogen and oxygen atoms in total. The van der Waals surface area contributed by atoms with E-state index in [0.29, 0.717) is 12.2 Å². The lowest BCUT2D eigenvalue weighted by atomic mass is 10.0. The molecule has 1 fully saturated rings. The van der Waals surface area contributed by atoms with Gasteiger partial charge in [0.05, 0.1) is 0 Å². The molecule has 0 bridgehead atoms. The second kappa shape index (κ2) is 8.88. The first-order valence-electron chi connectivity index (χ1n) is 10.0. The number of amides is 1. The van der Waals surface area contributed by atoms with E-state index in [0.717, 1.165) is 31.0 Å². The van der Waals surface area contributed by atoms with Crippen LogP contribution >= 0.6 is 0 Å². The highest BCUT2D eigenvalue weighted by Gasteiger charge is 2.22. The van der Waals surface area contributed by atoms with Gasteiger partial charge in [-0.15, -0.1) is 0 Å². The van der Waals surface area contributed by atoms with E-state index in [1.165, 1.54) is 11.1 Å². The van der Waals surface area contributed by atoms with Gasteiger partial charge in [-0.2, -0.15) is 0 Å². The van der Waals surface area contributed by atoms with E-state index in [9.17, 15) is 4.79 Å². The average molecular weight is 386 g/mol. The summed E-state index contributed by atoms with van der Waals surface area (Å²) in [4.78, 5) is 19.5. The van der Waals surface area contributed by atoms with Gasteiger partial charge in [0.2, 0.25) is 0 Å². The summed E-state index contributed by atoms with van der Waals surface area (Å²) in [5.74, 6) is 0.692. The Morgan fingerprint density at radius 1 is 1.07 bits per heavy atom. The van der Waals surface area contributed by atoms with Crippen LogP contribution < -0.4 is 15.5 Å². The molecule has 1 amide bonds. The van der Waals surface area contributed by atoms with Gasteiger partial charge in [-0.05, 0) is 30.2 Å². The van der Waals surface area contributed by atoms with Gasteiger partial charge in [0.15, 0.2) is 0 Å². The van der Waals surface area contributed by atoms with Crippen LogP contribution in [-0.2, 0) is 6.54 Å². The zero-order chi connectivity index (χ0) is 20.1. The summed E-state index contributed by atoms with van der Waals surface area (Å²) in [6.45, 7) is 5.12. The van der Waals surface area contributed by atoms with Crippen LogP contribution in [0.15, 0.2) is 72.8 Å². The van der Waals surface area contributed by atoms with Gasteiger partial charge in [0.25, 0.3) is 5.91 Å². The molecule has 0 spiro atoms. The van der Waals surface area contributed by atoms with Gasteiger partial charge < -0.3 is 15.5 Å². The SMILES string of the molecule is Cc1ccc(CNC(=O)c2cccc(N3CCNC(c4ccccc4)C3)n2)cc1. The smallest absolute Gasteiger partial charge is 0.270 e. The topological polar surface area (TPSA) is 57.3 Å². The van der Waals surface area contributed by atoms with Crippen LogP contribution in [0.1, 0.15) is 33.2 Å². The number of piperazine rings is 1. The quantitative estimate of drug-likeness (QED) is 0.705. The lowest BCUT2D eigenvalue weighted by molar-refractivity contribution is 0.0946. The minimum atomic E-state index is -0.151. The number of rotatable bonds is 5. The predicted octanol–water partition coefficient (Wildman–Crippen LogP) is 3.47. The number of hydrogen-bond acceptors (Lipinski definition) is 4. The third-order valence-electron chi connectivity index (χ3n) is 5.24. The van der Waals surface area contributed by atoms with Crippen molar-refractivity contribution in [2.75, 3.05) is 24.5 Å². The molecule has 1 aliphatic heterocycles. The largest absolute Gasteiger partial charge is 0.353 e. The van der Waals surface area contributed by atoms with Crippen LogP contribution in [-0.4, -0.2) is 30.5 Å². The average Bonchev–Trinajstić information content (AvgIpc) is 2.79. The van der Waals surface area contributed by atoms with Gasteiger partial charge >= 0.3 is 0 Å². The Morgan fingerprint density at radius 3 is 2.66 bits per heavy atom. The Hall–Kier alpha value is -3.18. The number of aromatic nitrogens is 1. The summed E-state index contributed by atoms with van der Waals surface area (Å²) in [7, 11) is 0. The maximum Gasteiger partial charge on any atom is 0.270 e. The summed E-state index contributed by atoms with van der Waals surface area (Å²) in [6, 6.07) is 24.5. The van der Waals surface area contributed by atoms with Gasteiger partial charge in [-0.1, -0.05) is 66.2 Å². The molecule has 0 saturated carbocycles. The van der Waals surface area contributed by atoms with E-state index in [-0.39, 0.29) is 11.9 Å². The Morgan fingerprint density at radius 2 is 1.86 bits per heavy atom. The number of nitrogens with one attached hydrogen (secondary N) is 2. The highest BCUT2D eigenvalue weighted by molar-refractivity contribution is 5.92. The van der Waals surface area contributed by atoms with Gasteiger partial charge in [0, 0.05) is 32.2 Å². The molecule has 29 heavy (non-hydrogen) atoms. The second-order valence-corrected chi connectivity index (χ2v) is 7.41. The second-order valence-electron chi connectivity index (χ2n) is 7.41. The van der Waals surface area contributed by atoms with Crippen molar-refractivity contribution in [2.45, 2.75) is 19.5 Å². The van der Waals surface area contributed by atoms with Crippen molar-refractivity contribution in [2.24, 2.45) is 0 Å². The van der Waals surface area contributed by atoms with Crippen molar-refractivity contribution in [1.82, 2.24) is 15.6 Å². The number of benzene rings is 2. The molecule has 2 heterocycles. The minimum Gasteiger partial charge on any atom is -0.353 e. The van der Waals surface area contributed by atoms with Crippen molar-refractivity contribution >= 4 is 11.7 Å². The molecule has 1 saturated heterocycles. The van der Waals surface area contributed by atoms with Crippen LogP contribution in [0, 0.1) is 6.92 Å². The van der Waals surface area contributed by atoms with Crippen molar-refractivity contribution in [3.05, 3.63) is 95.2 Å². The number of carbonyl (C=O) groups is 1. The summed E-state index contributed by atoms with van der Waals surface area (Å²) >= 11 is 0. The Bertz CT molecular complexity index is 956. The third-order valence-corrected chi connectivity index (χ3v) is 5.24. The summed E-state index contributed by atoms with van der Waals surface area (Å²) in [5, 5.41) is 6.53. The highest BCUT2D eigenvalue weighted by atomic mass is 16.1. The number of aryl methyl sites for hydroxylation is 1. The van der Waals surface area contributed by atoms with E-state index in [1.54, 1.807) is 6.07 Å². The van der Waals surface area contributed by atoms with E-state index in [1.807, 2.05) is 42.5 Å². The van der Waals surface area contributed by atoms with Crippen LogP contribution in [0.4, 0.5) is 5.82 Å². The number of pyridine rings is 1. The number of hydrogen-bond donors (Lipinski definition) is 2. The summed E-state index contributed by atoms with van der Waals surface area (Å²) in [6.07, 6.45) is 0. The third kappa shape index (κ3) is 4.81. The molecule has 3 aromatic rings. The van der Waals surface area contributed by atoms with Gasteiger partial charge in [-0.25, -0.2) is 4.98 Å². The molecular weight excluding hydrogens is 360 g/mol. The molecule has 0 aliphatic carbocycles. The zero-order valence-corrected chi connectivity index (χ0v) is 16.6. The molecule has 148 valence electrons. The molecule has 1 unspecified atom stereocenters. The van der Waals surface area contributed by atoms with Crippen LogP contribution in [0.5, 0.6) is 0 Å². The van der Waals surface area contributed by atoms with E-state index in [2.05, 4.69) is 51.7 Å². The maximum atomic E-state index is 12.6. The standard InChI is InChI=1S/C24H26N4O/c1-18-10-12-19(13-11-18)16-26-24(29)21-8-5-9-23(27-21)28-15-14-25-22(17-28)20-6-3-2-4-7-20/h2-13,22,25H,14-17H2,1H3,(H,26,29). The first kappa shape index (κ1) is 19.2. The van der Waals surface area contributed by atoms with Crippen LogP contribution in [0.25, 0.3) is 0 Å². The fourth-order valence-corrected chi connectivity index (χ4v) is 3.57. The lowest BCUT2D eigenvalue weighted by Gasteiger charge is -2.34. The molecule has 4 rings (SSSR count). The van der Waals surface area contributed by atoms with E-state index in [4.69, 9.17) is 0 Å². The molecule has 1 aromatic heterocycles. The molecule has 1 aliphatic rings. The number of nitrogens with zero attached hydrogens (tertiary/aromatic N) is 2. The zero-order valence-electron chi connectivity index (χ0n) is 16.6. The van der Waals surface area contributed by atoms with E-state index >= 15 is 0 Å². The van der Waals surface area contributed by atoms with Crippen molar-refractivity contribution in [3.8, 4) is 0 Å².